The Balaban J connectivity index is 1.78. The minimum atomic E-state index is -1.60. The zero-order chi connectivity index (χ0) is 14.9. The summed E-state index contributed by atoms with van der Waals surface area (Å²) in [5, 5.41) is 0. The summed E-state index contributed by atoms with van der Waals surface area (Å²) in [6.45, 7) is 7.08. The van der Waals surface area contributed by atoms with Gasteiger partial charge in [0.1, 0.15) is 11.5 Å². The molecule has 114 valence electrons. The van der Waals surface area contributed by atoms with Crippen molar-refractivity contribution in [1.29, 1.82) is 0 Å². The molecule has 0 amide bonds. The van der Waals surface area contributed by atoms with Crippen LogP contribution in [0.4, 0.5) is 0 Å². The van der Waals surface area contributed by atoms with Crippen LogP contribution in [0.1, 0.15) is 38.5 Å². The van der Waals surface area contributed by atoms with Gasteiger partial charge in [-0.25, -0.2) is 0 Å². The average molecular weight is 302 g/mol. The predicted octanol–water partition coefficient (Wildman–Crippen LogP) is 5.38. The largest absolute Gasteiger partial charge is 0.558 e. The summed E-state index contributed by atoms with van der Waals surface area (Å²) in [4.78, 5) is 0. The maximum Gasteiger partial charge on any atom is 0.364 e. The third kappa shape index (κ3) is 3.65. The van der Waals surface area contributed by atoms with E-state index in [9.17, 15) is 0 Å². The zero-order valence-electron chi connectivity index (χ0n) is 13.6. The first-order valence-electron chi connectivity index (χ1n) is 8.48. The van der Waals surface area contributed by atoms with Gasteiger partial charge in [0.2, 0.25) is 8.32 Å². The lowest BCUT2D eigenvalue weighted by atomic mass is 9.38. The Morgan fingerprint density at radius 2 is 1.43 bits per heavy atom. The minimum absolute atomic E-state index is 0.416. The number of rotatable bonds is 4. The highest BCUT2D eigenvalue weighted by atomic mass is 28.4. The van der Waals surface area contributed by atoms with Gasteiger partial charge in [-0.2, -0.15) is 0 Å². The molecule has 0 aliphatic carbocycles. The van der Waals surface area contributed by atoms with E-state index in [1.807, 2.05) is 6.07 Å². The van der Waals surface area contributed by atoms with Gasteiger partial charge in [0, 0.05) is 0 Å². The molecule has 2 fully saturated rings. The average Bonchev–Trinajstić information content (AvgIpc) is 2.39. The van der Waals surface area contributed by atoms with Gasteiger partial charge in [0.15, 0.2) is 0 Å². The minimum Gasteiger partial charge on any atom is -0.558 e. The number of hydrogen-bond donors (Lipinski definition) is 0. The quantitative estimate of drug-likeness (QED) is 0.695. The summed E-state index contributed by atoms with van der Waals surface area (Å²) in [5.41, 5.74) is 0. The van der Waals surface area contributed by atoms with Crippen molar-refractivity contribution in [3.05, 3.63) is 24.3 Å². The van der Waals surface area contributed by atoms with E-state index in [-0.39, 0.29) is 0 Å². The summed E-state index contributed by atoms with van der Waals surface area (Å²) in [5.74, 6) is 3.43. The first-order chi connectivity index (χ1) is 10.0. The molecular weight excluding hydrogens is 275 g/mol. The van der Waals surface area contributed by atoms with E-state index in [0.717, 1.165) is 23.1 Å². The van der Waals surface area contributed by atoms with E-state index in [2.05, 4.69) is 37.8 Å². The molecular formula is C17H27BO2Si. The maximum atomic E-state index is 6.50. The number of hydrogen-bond acceptors (Lipinski definition) is 2. The van der Waals surface area contributed by atoms with Crippen molar-refractivity contribution in [2.75, 3.05) is 0 Å². The molecule has 1 aromatic rings. The molecule has 0 aromatic heterocycles. The van der Waals surface area contributed by atoms with Crippen LogP contribution in [0.2, 0.25) is 31.3 Å². The molecule has 21 heavy (non-hydrogen) atoms. The number of benzene rings is 1. The van der Waals surface area contributed by atoms with Crippen molar-refractivity contribution in [3.63, 3.8) is 0 Å². The number of para-hydroxylation sites is 2. The van der Waals surface area contributed by atoms with Crippen LogP contribution < -0.4 is 9.08 Å². The molecule has 3 rings (SSSR count). The van der Waals surface area contributed by atoms with E-state index in [1.54, 1.807) is 0 Å². The molecule has 0 spiro atoms. The molecule has 2 bridgehead atoms. The monoisotopic (exact) mass is 302 g/mol. The summed E-state index contributed by atoms with van der Waals surface area (Å²) >= 11 is 0. The first kappa shape index (κ1) is 15.0. The van der Waals surface area contributed by atoms with Crippen LogP contribution in [0.25, 0.3) is 0 Å². The van der Waals surface area contributed by atoms with E-state index in [0.29, 0.717) is 6.92 Å². The molecule has 2 saturated heterocycles. The second-order valence-electron chi connectivity index (χ2n) is 7.63. The summed E-state index contributed by atoms with van der Waals surface area (Å²) in [6, 6.07) is 8.25. The van der Waals surface area contributed by atoms with Gasteiger partial charge in [-0.1, -0.05) is 50.7 Å². The highest BCUT2D eigenvalue weighted by molar-refractivity contribution is 6.70. The van der Waals surface area contributed by atoms with E-state index < -0.39 is 8.32 Å². The highest BCUT2D eigenvalue weighted by Gasteiger charge is 2.43. The van der Waals surface area contributed by atoms with Crippen LogP contribution in [-0.4, -0.2) is 15.2 Å². The van der Waals surface area contributed by atoms with Crippen LogP contribution in [-0.2, 0) is 0 Å². The number of fused-ring (bicyclic) bond motifs is 2. The topological polar surface area (TPSA) is 18.5 Å². The summed E-state index contributed by atoms with van der Waals surface area (Å²) < 4.78 is 12.7. The van der Waals surface area contributed by atoms with Crippen LogP contribution in [0.15, 0.2) is 24.3 Å². The Bertz CT molecular complexity index is 464. The Kier molecular flexibility index (Phi) is 4.34. The molecule has 0 saturated carbocycles. The normalized spacial score (nSPS) is 25.6. The predicted molar refractivity (Wildman–Crippen MR) is 92.0 cm³/mol. The zero-order valence-corrected chi connectivity index (χ0v) is 14.6. The Labute approximate surface area is 130 Å². The molecule has 4 heteroatoms. The molecule has 0 atom stereocenters. The fourth-order valence-corrected chi connectivity index (χ4v) is 4.74. The fourth-order valence-electron chi connectivity index (χ4n) is 3.92. The third-order valence-corrected chi connectivity index (χ3v) is 5.59. The van der Waals surface area contributed by atoms with Crippen molar-refractivity contribution in [1.82, 2.24) is 0 Å². The van der Waals surface area contributed by atoms with Crippen molar-refractivity contribution >= 4 is 15.2 Å². The van der Waals surface area contributed by atoms with Gasteiger partial charge >= 0.3 is 6.92 Å². The molecule has 1 aromatic carbocycles. The summed E-state index contributed by atoms with van der Waals surface area (Å²) in [7, 11) is -1.60. The molecule has 2 heterocycles. The van der Waals surface area contributed by atoms with Crippen LogP contribution >= 0.6 is 0 Å². The van der Waals surface area contributed by atoms with Crippen molar-refractivity contribution in [2.24, 2.45) is 0 Å². The molecule has 0 unspecified atom stereocenters. The molecule has 2 nitrogen and oxygen atoms in total. The molecule has 2 aliphatic heterocycles. The maximum absolute atomic E-state index is 6.50. The van der Waals surface area contributed by atoms with Gasteiger partial charge < -0.3 is 9.08 Å². The molecule has 2 aliphatic rings. The Hall–Kier alpha value is -0.898. The highest BCUT2D eigenvalue weighted by Crippen LogP contribution is 2.47. The molecule has 0 N–H and O–H groups in total. The Morgan fingerprint density at radius 3 is 1.95 bits per heavy atom. The van der Waals surface area contributed by atoms with Gasteiger partial charge in [0.05, 0.1) is 0 Å². The second-order valence-corrected chi connectivity index (χ2v) is 12.1. The van der Waals surface area contributed by atoms with Crippen molar-refractivity contribution in [3.8, 4) is 11.5 Å². The van der Waals surface area contributed by atoms with Gasteiger partial charge in [-0.05, 0) is 43.4 Å². The van der Waals surface area contributed by atoms with Crippen LogP contribution in [0.5, 0.6) is 11.5 Å². The van der Waals surface area contributed by atoms with Crippen LogP contribution in [0.3, 0.4) is 0 Å². The SMILES string of the molecule is C[Si](C)(C)Oc1ccccc1OB1C2CCCC1CCC2. The third-order valence-electron chi connectivity index (χ3n) is 4.76. The Morgan fingerprint density at radius 1 is 0.905 bits per heavy atom. The van der Waals surface area contributed by atoms with Crippen LogP contribution in [0, 0.1) is 0 Å². The fraction of sp³-hybridized carbons (Fsp3) is 0.647. The van der Waals surface area contributed by atoms with Gasteiger partial charge in [0.25, 0.3) is 0 Å². The van der Waals surface area contributed by atoms with Gasteiger partial charge in [-0.3, -0.25) is 0 Å². The first-order valence-corrected chi connectivity index (χ1v) is 11.9. The van der Waals surface area contributed by atoms with E-state index in [1.165, 1.54) is 38.5 Å². The van der Waals surface area contributed by atoms with E-state index >= 15 is 0 Å². The van der Waals surface area contributed by atoms with Crippen molar-refractivity contribution in [2.45, 2.75) is 69.8 Å². The standard InChI is InChI=1S/C17H27BO2Si/c1-21(2,3)20-17-13-5-4-12-16(17)19-18-14-8-6-9-15(18)11-7-10-14/h4-5,12-15H,6-11H2,1-3H3. The lowest BCUT2D eigenvalue weighted by Gasteiger charge is -2.39. The molecule has 0 radical (unpaired) electrons. The van der Waals surface area contributed by atoms with E-state index in [4.69, 9.17) is 9.08 Å². The smallest absolute Gasteiger partial charge is 0.364 e. The summed E-state index contributed by atoms with van der Waals surface area (Å²) in [6.07, 6.45) is 8.16. The lowest BCUT2D eigenvalue weighted by Crippen LogP contribution is -2.40. The lowest BCUT2D eigenvalue weighted by molar-refractivity contribution is 0.375. The van der Waals surface area contributed by atoms with Gasteiger partial charge in [-0.15, -0.1) is 0 Å². The van der Waals surface area contributed by atoms with Crippen molar-refractivity contribution < 1.29 is 9.08 Å². The second kappa shape index (κ2) is 6.07.